The van der Waals surface area contributed by atoms with E-state index in [1.54, 1.807) is 11.1 Å². The molecule has 3 rings (SSSR count). The number of nitrogens with one attached hydrogen (secondary N) is 1. The number of rotatable bonds is 7. The average molecular weight is 413 g/mol. The molecule has 2 fully saturated rings. The van der Waals surface area contributed by atoms with Gasteiger partial charge in [-0.15, -0.1) is 0 Å². The van der Waals surface area contributed by atoms with Crippen LogP contribution in [0.15, 0.2) is 18.3 Å². The second-order valence-corrected chi connectivity index (χ2v) is 8.32. The Bertz CT molecular complexity index is 764. The fraction of sp³-hybridized carbons (Fsp3) is 0.652. The van der Waals surface area contributed by atoms with Crippen LogP contribution in [-0.2, 0) is 14.3 Å². The van der Waals surface area contributed by atoms with Crippen LogP contribution in [0.25, 0.3) is 0 Å². The van der Waals surface area contributed by atoms with Crippen molar-refractivity contribution < 1.29 is 14.3 Å². The van der Waals surface area contributed by atoms with Crippen molar-refractivity contribution in [3.63, 3.8) is 0 Å². The maximum Gasteiger partial charge on any atom is 0.223 e. The number of pyridine rings is 1. The fourth-order valence-corrected chi connectivity index (χ4v) is 4.54. The third kappa shape index (κ3) is 6.02. The zero-order valence-corrected chi connectivity index (χ0v) is 17.8. The average Bonchev–Trinajstić information content (AvgIpc) is 2.78. The molecule has 30 heavy (non-hydrogen) atoms. The number of amides is 2. The molecule has 1 N–H and O–H groups in total. The van der Waals surface area contributed by atoms with Crippen LogP contribution >= 0.6 is 0 Å². The van der Waals surface area contributed by atoms with Crippen LogP contribution in [0.3, 0.4) is 0 Å². The van der Waals surface area contributed by atoms with Gasteiger partial charge in [0.2, 0.25) is 11.8 Å². The second kappa shape index (κ2) is 11.1. The van der Waals surface area contributed by atoms with Gasteiger partial charge < -0.3 is 15.0 Å². The lowest BCUT2D eigenvalue weighted by atomic mass is 9.77. The number of carbonyl (C=O) groups excluding carboxylic acids is 2. The standard InChI is InChI=1S/C23H32N4O3/c1-17-15-19(9-10-25-17)20(16-24)23(18-5-3-2-4-6-18)26-21(28)7-8-22(29)27-11-13-30-14-12-27/h9-10,15,18,20,23H,2-8,11-14H2,1H3,(H,26,28)/t20-,23-/m1/s1. The van der Waals surface area contributed by atoms with Gasteiger partial charge in [-0.2, -0.15) is 5.26 Å². The molecule has 7 heteroatoms. The van der Waals surface area contributed by atoms with E-state index in [1.165, 1.54) is 6.42 Å². The monoisotopic (exact) mass is 412 g/mol. The van der Waals surface area contributed by atoms with Crippen molar-refractivity contribution in [2.75, 3.05) is 26.3 Å². The zero-order valence-electron chi connectivity index (χ0n) is 17.8. The number of ether oxygens (including phenoxy) is 1. The van der Waals surface area contributed by atoms with Crippen molar-refractivity contribution in [2.45, 2.75) is 63.8 Å². The Morgan fingerprint density at radius 3 is 2.67 bits per heavy atom. The Morgan fingerprint density at radius 2 is 2.00 bits per heavy atom. The minimum atomic E-state index is -0.423. The van der Waals surface area contributed by atoms with E-state index < -0.39 is 5.92 Å². The number of hydrogen-bond acceptors (Lipinski definition) is 5. The Labute approximate surface area is 178 Å². The third-order valence-electron chi connectivity index (χ3n) is 6.19. The number of hydrogen-bond donors (Lipinski definition) is 1. The summed E-state index contributed by atoms with van der Waals surface area (Å²) in [5.74, 6) is -0.313. The number of nitriles is 1. The van der Waals surface area contributed by atoms with Gasteiger partial charge in [-0.25, -0.2) is 0 Å². The number of morpholine rings is 1. The van der Waals surface area contributed by atoms with Gasteiger partial charge in [0.25, 0.3) is 0 Å². The SMILES string of the molecule is Cc1cc([C@@H](C#N)[C@H](NC(=O)CCC(=O)N2CCOCC2)C2CCCCC2)ccn1. The summed E-state index contributed by atoms with van der Waals surface area (Å²) < 4.78 is 5.28. The van der Waals surface area contributed by atoms with Crippen molar-refractivity contribution >= 4 is 11.8 Å². The second-order valence-electron chi connectivity index (χ2n) is 8.32. The van der Waals surface area contributed by atoms with Gasteiger partial charge in [0.15, 0.2) is 0 Å². The third-order valence-corrected chi connectivity index (χ3v) is 6.19. The van der Waals surface area contributed by atoms with Crippen molar-refractivity contribution in [3.05, 3.63) is 29.6 Å². The topological polar surface area (TPSA) is 95.3 Å². The molecule has 2 atom stereocenters. The molecule has 162 valence electrons. The van der Waals surface area contributed by atoms with Crippen molar-refractivity contribution in [3.8, 4) is 6.07 Å². The molecule has 0 unspecified atom stereocenters. The van der Waals surface area contributed by atoms with Crippen LogP contribution in [0.4, 0.5) is 0 Å². The van der Waals surface area contributed by atoms with Gasteiger partial charge in [0, 0.05) is 37.8 Å². The number of nitrogens with zero attached hydrogens (tertiary/aromatic N) is 3. The van der Waals surface area contributed by atoms with E-state index in [4.69, 9.17) is 4.74 Å². The molecule has 2 aliphatic rings. The van der Waals surface area contributed by atoms with Crippen molar-refractivity contribution in [1.29, 1.82) is 5.26 Å². The smallest absolute Gasteiger partial charge is 0.223 e. The van der Waals surface area contributed by atoms with E-state index in [2.05, 4.69) is 16.4 Å². The largest absolute Gasteiger partial charge is 0.378 e. The van der Waals surface area contributed by atoms with Crippen LogP contribution in [-0.4, -0.2) is 54.0 Å². The van der Waals surface area contributed by atoms with Crippen LogP contribution < -0.4 is 5.32 Å². The highest BCUT2D eigenvalue weighted by Gasteiger charge is 2.33. The Morgan fingerprint density at radius 1 is 1.27 bits per heavy atom. The molecule has 0 aromatic carbocycles. The highest BCUT2D eigenvalue weighted by Crippen LogP contribution is 2.33. The minimum absolute atomic E-state index is 0.00995. The van der Waals surface area contributed by atoms with Gasteiger partial charge in [0.1, 0.15) is 0 Å². The maximum absolute atomic E-state index is 12.8. The summed E-state index contributed by atoms with van der Waals surface area (Å²) >= 11 is 0. The zero-order chi connectivity index (χ0) is 21.3. The first-order chi connectivity index (χ1) is 14.6. The Hall–Kier alpha value is -2.46. The van der Waals surface area contributed by atoms with Crippen molar-refractivity contribution in [1.82, 2.24) is 15.2 Å². The molecule has 0 spiro atoms. The lowest BCUT2D eigenvalue weighted by Gasteiger charge is -2.34. The molecule has 0 bridgehead atoms. The van der Waals surface area contributed by atoms with E-state index >= 15 is 0 Å². The summed E-state index contributed by atoms with van der Waals surface area (Å²) in [5, 5.41) is 13.1. The van der Waals surface area contributed by atoms with Gasteiger partial charge in [-0.05, 0) is 43.4 Å². The predicted molar refractivity (Wildman–Crippen MR) is 112 cm³/mol. The van der Waals surface area contributed by atoms with Gasteiger partial charge >= 0.3 is 0 Å². The van der Waals surface area contributed by atoms with E-state index in [0.717, 1.165) is 36.9 Å². The summed E-state index contributed by atoms with van der Waals surface area (Å²) in [6, 6.07) is 5.98. The molecule has 2 amide bonds. The first kappa shape index (κ1) is 22.2. The van der Waals surface area contributed by atoms with Gasteiger partial charge in [-0.1, -0.05) is 19.3 Å². The lowest BCUT2D eigenvalue weighted by Crippen LogP contribution is -2.45. The van der Waals surface area contributed by atoms with E-state index in [-0.39, 0.29) is 36.6 Å². The first-order valence-corrected chi connectivity index (χ1v) is 11.1. The number of aromatic nitrogens is 1. The summed E-state index contributed by atoms with van der Waals surface area (Å²) in [4.78, 5) is 31.1. The van der Waals surface area contributed by atoms with Crippen LogP contribution in [0, 0.1) is 24.2 Å². The summed E-state index contributed by atoms with van der Waals surface area (Å²) in [7, 11) is 0. The summed E-state index contributed by atoms with van der Waals surface area (Å²) in [6.07, 6.45) is 7.54. The molecule has 1 aromatic rings. The molecule has 1 saturated carbocycles. The molecule has 1 aliphatic carbocycles. The fourth-order valence-electron chi connectivity index (χ4n) is 4.54. The normalized spacial score (nSPS) is 19.5. The number of carbonyl (C=O) groups is 2. The maximum atomic E-state index is 12.8. The molecule has 7 nitrogen and oxygen atoms in total. The van der Waals surface area contributed by atoms with Crippen LogP contribution in [0.2, 0.25) is 0 Å². The Balaban J connectivity index is 1.66. The van der Waals surface area contributed by atoms with Gasteiger partial charge in [0.05, 0.1) is 31.2 Å². The minimum Gasteiger partial charge on any atom is -0.378 e. The molecule has 1 saturated heterocycles. The van der Waals surface area contributed by atoms with Crippen molar-refractivity contribution in [2.24, 2.45) is 5.92 Å². The van der Waals surface area contributed by atoms with E-state index in [1.807, 2.05) is 19.1 Å². The lowest BCUT2D eigenvalue weighted by molar-refractivity contribution is -0.137. The molecule has 1 aromatic heterocycles. The molecular weight excluding hydrogens is 380 g/mol. The highest BCUT2D eigenvalue weighted by atomic mass is 16.5. The van der Waals surface area contributed by atoms with Crippen LogP contribution in [0.1, 0.15) is 62.1 Å². The summed E-state index contributed by atoms with van der Waals surface area (Å²) in [5.41, 5.74) is 1.75. The van der Waals surface area contributed by atoms with E-state index in [9.17, 15) is 14.9 Å². The molecule has 0 radical (unpaired) electrons. The highest BCUT2D eigenvalue weighted by molar-refractivity contribution is 5.84. The van der Waals surface area contributed by atoms with Gasteiger partial charge in [-0.3, -0.25) is 14.6 Å². The number of aryl methyl sites for hydroxylation is 1. The van der Waals surface area contributed by atoms with E-state index in [0.29, 0.717) is 26.3 Å². The molecule has 1 aliphatic heterocycles. The first-order valence-electron chi connectivity index (χ1n) is 11.1. The quantitative estimate of drug-likeness (QED) is 0.743. The molecule has 2 heterocycles. The summed E-state index contributed by atoms with van der Waals surface area (Å²) in [6.45, 7) is 4.18. The Kier molecular flexibility index (Phi) is 8.21. The van der Waals surface area contributed by atoms with Crippen LogP contribution in [0.5, 0.6) is 0 Å². The predicted octanol–water partition coefficient (Wildman–Crippen LogP) is 2.70. The molecular formula is C23H32N4O3.